The highest BCUT2D eigenvalue weighted by atomic mass is 16.6. The summed E-state index contributed by atoms with van der Waals surface area (Å²) in [5.74, 6) is 0.867. The van der Waals surface area contributed by atoms with Gasteiger partial charge in [0.2, 0.25) is 0 Å². The zero-order valence-electron chi connectivity index (χ0n) is 19.2. The summed E-state index contributed by atoms with van der Waals surface area (Å²) in [6.45, 7) is 9.74. The Labute approximate surface area is 177 Å². The van der Waals surface area contributed by atoms with Crippen LogP contribution in [0.2, 0.25) is 0 Å². The zero-order valence-corrected chi connectivity index (χ0v) is 19.2. The minimum atomic E-state index is -0.482. The number of carbonyl (C=O) groups excluding carboxylic acids is 1. The number of hydrogen-bond acceptors (Lipinski definition) is 4. The molecule has 0 aliphatic carbocycles. The van der Waals surface area contributed by atoms with Crippen molar-refractivity contribution in [2.24, 2.45) is 0 Å². The van der Waals surface area contributed by atoms with Crippen molar-refractivity contribution in [3.8, 4) is 5.75 Å². The standard InChI is InChI=1S/C24H41NO4/c1-6-7-8-9-10-11-12-21-13-15-22(16-14-21)28-20-19-27-18-17-25(5)23(26)29-24(2,3)4/h13-16H,6-12,17-20H2,1-5H3. The van der Waals surface area contributed by atoms with Gasteiger partial charge in [-0.15, -0.1) is 0 Å². The van der Waals surface area contributed by atoms with Crippen molar-refractivity contribution in [1.82, 2.24) is 4.90 Å². The molecule has 0 fully saturated rings. The quantitative estimate of drug-likeness (QED) is 0.363. The Bertz CT molecular complexity index is 551. The van der Waals surface area contributed by atoms with Gasteiger partial charge >= 0.3 is 6.09 Å². The van der Waals surface area contributed by atoms with Gasteiger partial charge in [-0.1, -0.05) is 51.2 Å². The fourth-order valence-electron chi connectivity index (χ4n) is 2.81. The summed E-state index contributed by atoms with van der Waals surface area (Å²) in [7, 11) is 1.71. The number of amides is 1. The first kappa shape index (κ1) is 25.3. The molecule has 0 spiro atoms. The third kappa shape index (κ3) is 13.2. The lowest BCUT2D eigenvalue weighted by Gasteiger charge is -2.24. The molecule has 0 N–H and O–H groups in total. The first-order valence-electron chi connectivity index (χ1n) is 11.1. The molecule has 29 heavy (non-hydrogen) atoms. The van der Waals surface area contributed by atoms with E-state index in [1.54, 1.807) is 7.05 Å². The highest BCUT2D eigenvalue weighted by molar-refractivity contribution is 5.67. The molecule has 1 rings (SSSR count). The molecule has 0 aliphatic heterocycles. The molecule has 0 saturated carbocycles. The lowest BCUT2D eigenvalue weighted by atomic mass is 10.0. The van der Waals surface area contributed by atoms with Crippen LogP contribution >= 0.6 is 0 Å². The van der Waals surface area contributed by atoms with E-state index < -0.39 is 5.60 Å². The Morgan fingerprint density at radius 3 is 2.24 bits per heavy atom. The van der Waals surface area contributed by atoms with Gasteiger partial charge in [-0.05, 0) is 51.3 Å². The number of benzene rings is 1. The first-order chi connectivity index (χ1) is 13.8. The lowest BCUT2D eigenvalue weighted by molar-refractivity contribution is 0.0216. The summed E-state index contributed by atoms with van der Waals surface area (Å²) >= 11 is 0. The van der Waals surface area contributed by atoms with Gasteiger partial charge in [0.1, 0.15) is 18.0 Å². The van der Waals surface area contributed by atoms with Gasteiger partial charge in [-0.25, -0.2) is 4.79 Å². The van der Waals surface area contributed by atoms with Gasteiger partial charge in [0, 0.05) is 13.6 Å². The lowest BCUT2D eigenvalue weighted by Crippen LogP contribution is -2.36. The molecular formula is C24H41NO4. The van der Waals surface area contributed by atoms with Crippen molar-refractivity contribution in [3.05, 3.63) is 29.8 Å². The molecule has 1 aromatic carbocycles. The van der Waals surface area contributed by atoms with Crippen LogP contribution in [0.25, 0.3) is 0 Å². The molecule has 5 nitrogen and oxygen atoms in total. The molecule has 0 unspecified atom stereocenters. The number of rotatable bonds is 14. The number of ether oxygens (including phenoxy) is 3. The highest BCUT2D eigenvalue weighted by Crippen LogP contribution is 2.15. The molecule has 0 aliphatic rings. The molecule has 0 atom stereocenters. The van der Waals surface area contributed by atoms with Crippen LogP contribution in [0.5, 0.6) is 5.75 Å². The van der Waals surface area contributed by atoms with E-state index in [1.165, 1.54) is 49.0 Å². The smallest absolute Gasteiger partial charge is 0.410 e. The van der Waals surface area contributed by atoms with E-state index in [-0.39, 0.29) is 6.09 Å². The van der Waals surface area contributed by atoms with E-state index in [2.05, 4.69) is 19.1 Å². The second-order valence-electron chi connectivity index (χ2n) is 8.52. The van der Waals surface area contributed by atoms with Gasteiger partial charge in [-0.2, -0.15) is 0 Å². The summed E-state index contributed by atoms with van der Waals surface area (Å²) in [4.78, 5) is 13.4. The first-order valence-corrected chi connectivity index (χ1v) is 11.1. The summed E-state index contributed by atoms with van der Waals surface area (Å²) < 4.78 is 16.6. The number of likely N-dealkylation sites (N-methyl/N-ethyl adjacent to an activating group) is 1. The molecule has 1 amide bonds. The maximum Gasteiger partial charge on any atom is 0.410 e. The third-order valence-electron chi connectivity index (χ3n) is 4.51. The molecule has 0 radical (unpaired) electrons. The second kappa shape index (κ2) is 14.3. The van der Waals surface area contributed by atoms with Crippen molar-refractivity contribution < 1.29 is 19.0 Å². The topological polar surface area (TPSA) is 48.0 Å². The average Bonchev–Trinajstić information content (AvgIpc) is 2.66. The van der Waals surface area contributed by atoms with Crippen molar-refractivity contribution >= 4 is 6.09 Å². The summed E-state index contributed by atoms with van der Waals surface area (Å²) in [5, 5.41) is 0. The minimum Gasteiger partial charge on any atom is -0.491 e. The van der Waals surface area contributed by atoms with Crippen LogP contribution in [-0.4, -0.2) is 50.0 Å². The van der Waals surface area contributed by atoms with Crippen LogP contribution in [0.4, 0.5) is 4.79 Å². The van der Waals surface area contributed by atoms with E-state index >= 15 is 0 Å². The van der Waals surface area contributed by atoms with Gasteiger partial charge in [0.05, 0.1) is 13.2 Å². The molecule has 0 saturated heterocycles. The molecular weight excluding hydrogens is 366 g/mol. The van der Waals surface area contributed by atoms with Crippen LogP contribution in [0.3, 0.4) is 0 Å². The summed E-state index contributed by atoms with van der Waals surface area (Å²) in [6.07, 6.45) is 8.75. The number of aryl methyl sites for hydroxylation is 1. The van der Waals surface area contributed by atoms with Gasteiger partial charge in [0.15, 0.2) is 0 Å². The van der Waals surface area contributed by atoms with E-state index in [0.29, 0.717) is 26.4 Å². The Hall–Kier alpha value is -1.75. The van der Waals surface area contributed by atoms with Crippen LogP contribution in [0.15, 0.2) is 24.3 Å². The fraction of sp³-hybridized carbons (Fsp3) is 0.708. The van der Waals surface area contributed by atoms with Crippen LogP contribution in [0, 0.1) is 0 Å². The number of carbonyl (C=O) groups is 1. The monoisotopic (exact) mass is 407 g/mol. The van der Waals surface area contributed by atoms with Crippen LogP contribution in [0.1, 0.15) is 71.8 Å². The van der Waals surface area contributed by atoms with Crippen molar-refractivity contribution in [3.63, 3.8) is 0 Å². The van der Waals surface area contributed by atoms with Crippen LogP contribution < -0.4 is 4.74 Å². The molecule has 166 valence electrons. The predicted molar refractivity (Wildman–Crippen MR) is 119 cm³/mol. The minimum absolute atomic E-state index is 0.335. The Morgan fingerprint density at radius 1 is 0.931 bits per heavy atom. The molecule has 0 heterocycles. The number of unbranched alkanes of at least 4 members (excludes halogenated alkanes) is 5. The SMILES string of the molecule is CCCCCCCCc1ccc(OCCOCCN(C)C(=O)OC(C)(C)C)cc1. The second-order valence-corrected chi connectivity index (χ2v) is 8.52. The molecule has 0 aromatic heterocycles. The zero-order chi connectivity index (χ0) is 21.5. The molecule has 0 bridgehead atoms. The van der Waals surface area contributed by atoms with Crippen LogP contribution in [-0.2, 0) is 15.9 Å². The largest absolute Gasteiger partial charge is 0.491 e. The maximum absolute atomic E-state index is 11.8. The van der Waals surface area contributed by atoms with E-state index in [9.17, 15) is 4.79 Å². The third-order valence-corrected chi connectivity index (χ3v) is 4.51. The van der Waals surface area contributed by atoms with Gasteiger partial charge < -0.3 is 19.1 Å². The average molecular weight is 408 g/mol. The Balaban J connectivity index is 2.09. The van der Waals surface area contributed by atoms with E-state index in [0.717, 1.165) is 12.2 Å². The van der Waals surface area contributed by atoms with Gasteiger partial charge in [-0.3, -0.25) is 0 Å². The molecule has 1 aromatic rings. The Morgan fingerprint density at radius 2 is 1.59 bits per heavy atom. The van der Waals surface area contributed by atoms with Crippen molar-refractivity contribution in [2.75, 3.05) is 33.4 Å². The normalized spacial score (nSPS) is 11.3. The summed E-state index contributed by atoms with van der Waals surface area (Å²) in [6, 6.07) is 8.36. The van der Waals surface area contributed by atoms with Gasteiger partial charge in [0.25, 0.3) is 0 Å². The number of nitrogens with zero attached hydrogens (tertiary/aromatic N) is 1. The van der Waals surface area contributed by atoms with E-state index in [1.807, 2.05) is 32.9 Å². The maximum atomic E-state index is 11.8. The van der Waals surface area contributed by atoms with E-state index in [4.69, 9.17) is 14.2 Å². The van der Waals surface area contributed by atoms with Crippen molar-refractivity contribution in [1.29, 1.82) is 0 Å². The predicted octanol–water partition coefficient (Wildman–Crippen LogP) is 5.85. The molecule has 5 heteroatoms. The Kier molecular flexibility index (Phi) is 12.4. The fourth-order valence-corrected chi connectivity index (χ4v) is 2.81. The highest BCUT2D eigenvalue weighted by Gasteiger charge is 2.19. The van der Waals surface area contributed by atoms with Crippen molar-refractivity contribution in [2.45, 2.75) is 78.2 Å². The summed E-state index contributed by atoms with van der Waals surface area (Å²) in [5.41, 5.74) is 0.888. The number of hydrogen-bond donors (Lipinski definition) is 0.